The number of aromatic nitrogens is 1. The highest BCUT2D eigenvalue weighted by Gasteiger charge is 2.14. The molecular formula is C12H11ClN2O3. The molecule has 6 heteroatoms. The summed E-state index contributed by atoms with van der Waals surface area (Å²) in [5, 5.41) is 20.5. The quantitative estimate of drug-likeness (QED) is 0.683. The Kier molecular flexibility index (Phi) is 3.64. The third-order valence-electron chi connectivity index (χ3n) is 2.66. The van der Waals surface area contributed by atoms with E-state index in [0.717, 1.165) is 0 Å². The number of benzene rings is 1. The van der Waals surface area contributed by atoms with Crippen LogP contribution in [0.1, 0.15) is 11.3 Å². The molecule has 0 aliphatic rings. The number of hydrogen-bond acceptors (Lipinski definition) is 3. The van der Waals surface area contributed by atoms with Crippen molar-refractivity contribution in [2.24, 2.45) is 0 Å². The molecule has 5 nitrogen and oxygen atoms in total. The molecule has 0 saturated heterocycles. The molecule has 1 aromatic heterocycles. The summed E-state index contributed by atoms with van der Waals surface area (Å²) in [5.41, 5.74) is 1.24. The molecule has 0 spiro atoms. The van der Waals surface area contributed by atoms with Gasteiger partial charge in [0.1, 0.15) is 0 Å². The molecule has 1 N–H and O–H groups in total. The summed E-state index contributed by atoms with van der Waals surface area (Å²) in [6.45, 7) is 0.196. The molecule has 0 amide bonds. The Bertz CT molecular complexity index is 580. The second-order valence-corrected chi connectivity index (χ2v) is 4.25. The zero-order valence-corrected chi connectivity index (χ0v) is 10.2. The first-order valence-corrected chi connectivity index (χ1v) is 5.67. The molecule has 2 rings (SSSR count). The lowest BCUT2D eigenvalue weighted by Gasteiger charge is -2.08. The molecule has 0 aliphatic carbocycles. The molecule has 0 aliphatic heterocycles. The minimum absolute atomic E-state index is 0.0250. The average Bonchev–Trinajstić information content (AvgIpc) is 2.76. The van der Waals surface area contributed by atoms with Crippen molar-refractivity contribution in [2.45, 2.75) is 13.2 Å². The van der Waals surface area contributed by atoms with E-state index in [4.69, 9.17) is 16.7 Å². The highest BCUT2D eigenvalue weighted by Crippen LogP contribution is 2.24. The van der Waals surface area contributed by atoms with E-state index in [0.29, 0.717) is 22.8 Å². The number of aliphatic hydroxyl groups is 1. The number of nitro groups is 1. The summed E-state index contributed by atoms with van der Waals surface area (Å²) >= 11 is 5.85. The topological polar surface area (TPSA) is 68.3 Å². The van der Waals surface area contributed by atoms with Gasteiger partial charge in [-0.15, -0.1) is 0 Å². The second-order valence-electron chi connectivity index (χ2n) is 3.82. The van der Waals surface area contributed by atoms with Gasteiger partial charge in [-0.3, -0.25) is 10.1 Å². The van der Waals surface area contributed by atoms with Gasteiger partial charge in [-0.05, 0) is 24.3 Å². The second kappa shape index (κ2) is 5.20. The molecule has 0 saturated carbocycles. The Morgan fingerprint density at radius 2 is 2.17 bits per heavy atom. The average molecular weight is 267 g/mol. The molecular weight excluding hydrogens is 256 g/mol. The Balaban J connectivity index is 2.39. The van der Waals surface area contributed by atoms with E-state index in [1.165, 1.54) is 12.1 Å². The van der Waals surface area contributed by atoms with Crippen LogP contribution in [0.5, 0.6) is 0 Å². The highest BCUT2D eigenvalue weighted by molar-refractivity contribution is 6.30. The first kappa shape index (κ1) is 12.6. The number of nitro benzene ring substituents is 1. The first-order chi connectivity index (χ1) is 8.61. The van der Waals surface area contributed by atoms with Gasteiger partial charge in [0.05, 0.1) is 23.6 Å². The summed E-state index contributed by atoms with van der Waals surface area (Å²) in [7, 11) is 0. The van der Waals surface area contributed by atoms with Crippen LogP contribution in [0.15, 0.2) is 36.5 Å². The van der Waals surface area contributed by atoms with Crippen LogP contribution in [0.4, 0.5) is 5.69 Å². The van der Waals surface area contributed by atoms with E-state index in [9.17, 15) is 10.1 Å². The lowest BCUT2D eigenvalue weighted by atomic mass is 10.2. The maximum absolute atomic E-state index is 10.9. The van der Waals surface area contributed by atoms with Crippen LogP contribution in [-0.2, 0) is 13.2 Å². The number of aliphatic hydroxyl groups excluding tert-OH is 1. The van der Waals surface area contributed by atoms with E-state index in [2.05, 4.69) is 0 Å². The SMILES string of the molecule is O=[N+]([O-])c1ccc(Cl)cc1Cn1cccc1CO. The van der Waals surface area contributed by atoms with Gasteiger partial charge in [0.15, 0.2) is 0 Å². The van der Waals surface area contributed by atoms with Gasteiger partial charge in [0.25, 0.3) is 5.69 Å². The molecule has 0 atom stereocenters. The Labute approximate surface area is 108 Å². The van der Waals surface area contributed by atoms with Gasteiger partial charge in [-0.1, -0.05) is 11.6 Å². The summed E-state index contributed by atoms with van der Waals surface area (Å²) in [5.74, 6) is 0. The molecule has 1 aromatic carbocycles. The highest BCUT2D eigenvalue weighted by atomic mass is 35.5. The molecule has 0 radical (unpaired) electrons. The molecule has 94 valence electrons. The van der Waals surface area contributed by atoms with Crippen LogP contribution in [0.2, 0.25) is 5.02 Å². The molecule has 1 heterocycles. The van der Waals surface area contributed by atoms with Gasteiger partial charge in [0.2, 0.25) is 0 Å². The minimum Gasteiger partial charge on any atom is -0.390 e. The Morgan fingerprint density at radius 1 is 1.39 bits per heavy atom. The maximum Gasteiger partial charge on any atom is 0.274 e. The lowest BCUT2D eigenvalue weighted by Crippen LogP contribution is -2.05. The summed E-state index contributed by atoms with van der Waals surface area (Å²) in [6.07, 6.45) is 1.76. The van der Waals surface area contributed by atoms with Gasteiger partial charge >= 0.3 is 0 Å². The summed E-state index contributed by atoms with van der Waals surface area (Å²) in [4.78, 5) is 10.5. The third kappa shape index (κ3) is 2.52. The van der Waals surface area contributed by atoms with Crippen molar-refractivity contribution < 1.29 is 10.0 Å². The Morgan fingerprint density at radius 3 is 2.83 bits per heavy atom. The van der Waals surface area contributed by atoms with Crippen LogP contribution < -0.4 is 0 Å². The van der Waals surface area contributed by atoms with Crippen LogP contribution >= 0.6 is 11.6 Å². The number of hydrogen-bond donors (Lipinski definition) is 1. The van der Waals surface area contributed by atoms with Crippen molar-refractivity contribution in [1.29, 1.82) is 0 Å². The van der Waals surface area contributed by atoms with Gasteiger partial charge < -0.3 is 9.67 Å². The van der Waals surface area contributed by atoms with E-state index >= 15 is 0 Å². The zero-order chi connectivity index (χ0) is 13.1. The van der Waals surface area contributed by atoms with Gasteiger partial charge in [-0.2, -0.15) is 0 Å². The third-order valence-corrected chi connectivity index (χ3v) is 2.90. The predicted molar refractivity (Wildman–Crippen MR) is 67.6 cm³/mol. The van der Waals surface area contributed by atoms with E-state index in [1.54, 1.807) is 29.0 Å². The van der Waals surface area contributed by atoms with Crippen molar-refractivity contribution in [3.63, 3.8) is 0 Å². The lowest BCUT2D eigenvalue weighted by molar-refractivity contribution is -0.385. The van der Waals surface area contributed by atoms with Crippen molar-refractivity contribution in [1.82, 2.24) is 4.57 Å². The summed E-state index contributed by atoms with van der Waals surface area (Å²) < 4.78 is 1.75. The van der Waals surface area contributed by atoms with Crippen molar-refractivity contribution in [3.05, 3.63) is 62.9 Å². The van der Waals surface area contributed by atoms with Gasteiger partial charge in [0, 0.05) is 23.0 Å². The summed E-state index contributed by atoms with van der Waals surface area (Å²) in [6, 6.07) is 7.99. The molecule has 0 bridgehead atoms. The van der Waals surface area contributed by atoms with Crippen LogP contribution in [0.3, 0.4) is 0 Å². The minimum atomic E-state index is -0.437. The standard InChI is InChI=1S/C12H11ClN2O3/c13-10-3-4-12(15(17)18)9(6-10)7-14-5-1-2-11(14)8-16/h1-6,16H,7-8H2. The number of halogens is 1. The fraction of sp³-hybridized carbons (Fsp3) is 0.167. The predicted octanol–water partition coefficient (Wildman–Crippen LogP) is 2.59. The number of rotatable bonds is 4. The fourth-order valence-corrected chi connectivity index (χ4v) is 1.98. The largest absolute Gasteiger partial charge is 0.390 e. The first-order valence-electron chi connectivity index (χ1n) is 5.29. The van der Waals surface area contributed by atoms with Crippen molar-refractivity contribution >= 4 is 17.3 Å². The normalized spacial score (nSPS) is 10.6. The van der Waals surface area contributed by atoms with Crippen LogP contribution in [0.25, 0.3) is 0 Å². The molecule has 18 heavy (non-hydrogen) atoms. The maximum atomic E-state index is 10.9. The fourth-order valence-electron chi connectivity index (χ4n) is 1.79. The van der Waals surface area contributed by atoms with E-state index in [1.807, 2.05) is 0 Å². The van der Waals surface area contributed by atoms with Crippen molar-refractivity contribution in [2.75, 3.05) is 0 Å². The van der Waals surface area contributed by atoms with Crippen LogP contribution in [0, 0.1) is 10.1 Å². The van der Waals surface area contributed by atoms with E-state index < -0.39 is 4.92 Å². The molecule has 0 unspecified atom stereocenters. The zero-order valence-electron chi connectivity index (χ0n) is 9.41. The number of nitrogens with zero attached hydrogens (tertiary/aromatic N) is 2. The van der Waals surface area contributed by atoms with Crippen LogP contribution in [-0.4, -0.2) is 14.6 Å². The smallest absolute Gasteiger partial charge is 0.274 e. The Hall–Kier alpha value is -1.85. The monoisotopic (exact) mass is 266 g/mol. The van der Waals surface area contributed by atoms with E-state index in [-0.39, 0.29) is 12.3 Å². The van der Waals surface area contributed by atoms with Crippen molar-refractivity contribution in [3.8, 4) is 0 Å². The molecule has 0 fully saturated rings. The molecule has 2 aromatic rings. The van der Waals surface area contributed by atoms with Gasteiger partial charge in [-0.25, -0.2) is 0 Å².